The minimum Gasteiger partial charge on any atom is -0.290 e. The van der Waals surface area contributed by atoms with Crippen molar-refractivity contribution < 1.29 is 5.11 Å². The summed E-state index contributed by atoms with van der Waals surface area (Å²) in [6, 6.07) is 6.96. The Balaban J connectivity index is 2.71. The van der Waals surface area contributed by atoms with Gasteiger partial charge >= 0.3 is 0 Å². The lowest BCUT2D eigenvalue weighted by Crippen LogP contribution is -2.06. The molecule has 0 saturated carbocycles. The second-order valence-corrected chi connectivity index (χ2v) is 5.59. The standard InChI is InChI=1S/C10H13OS/c1-10(2,3)12-9-6-4-8(11)5-7-9/h4-7H,1-3H3. The second kappa shape index (κ2) is 3.40. The molecule has 1 rings (SSSR count). The maximum atomic E-state index is 10.8. The summed E-state index contributed by atoms with van der Waals surface area (Å²) >= 11 is 1.77. The molecule has 1 aromatic carbocycles. The Hall–Kier alpha value is -0.630. The molecule has 12 heavy (non-hydrogen) atoms. The van der Waals surface area contributed by atoms with E-state index in [-0.39, 0.29) is 10.5 Å². The van der Waals surface area contributed by atoms with E-state index in [1.807, 2.05) is 12.1 Å². The van der Waals surface area contributed by atoms with E-state index in [0.717, 1.165) is 4.90 Å². The van der Waals surface area contributed by atoms with Crippen LogP contribution in [0.4, 0.5) is 0 Å². The van der Waals surface area contributed by atoms with E-state index in [4.69, 9.17) is 0 Å². The third-order valence-electron chi connectivity index (χ3n) is 1.25. The van der Waals surface area contributed by atoms with Gasteiger partial charge in [0.25, 0.3) is 0 Å². The summed E-state index contributed by atoms with van der Waals surface area (Å²) in [6.07, 6.45) is 0. The lowest BCUT2D eigenvalue weighted by Gasteiger charge is -2.16. The molecular weight excluding hydrogens is 168 g/mol. The van der Waals surface area contributed by atoms with Gasteiger partial charge in [-0.3, -0.25) is 5.11 Å². The van der Waals surface area contributed by atoms with Crippen molar-refractivity contribution in [2.45, 2.75) is 30.4 Å². The van der Waals surface area contributed by atoms with Crippen LogP contribution in [0.25, 0.3) is 0 Å². The van der Waals surface area contributed by atoms with E-state index < -0.39 is 0 Å². The highest BCUT2D eigenvalue weighted by molar-refractivity contribution is 8.00. The minimum atomic E-state index is 0.0771. The molecule has 0 unspecified atom stereocenters. The lowest BCUT2D eigenvalue weighted by molar-refractivity contribution is 0.354. The Kier molecular flexibility index (Phi) is 2.68. The molecule has 0 heterocycles. The van der Waals surface area contributed by atoms with E-state index in [1.54, 1.807) is 23.9 Å². The predicted octanol–water partition coefficient (Wildman–Crippen LogP) is 3.72. The fourth-order valence-electron chi connectivity index (χ4n) is 0.861. The Morgan fingerprint density at radius 3 is 2.00 bits per heavy atom. The highest BCUT2D eigenvalue weighted by Gasteiger charge is 2.11. The average Bonchev–Trinajstić information content (AvgIpc) is 1.91. The maximum absolute atomic E-state index is 10.8. The molecule has 0 N–H and O–H groups in total. The van der Waals surface area contributed by atoms with Gasteiger partial charge in [0, 0.05) is 9.64 Å². The molecule has 0 aliphatic rings. The number of rotatable bonds is 1. The third-order valence-corrected chi connectivity index (χ3v) is 2.37. The first-order valence-corrected chi connectivity index (χ1v) is 4.75. The number of thioether (sulfide) groups is 1. The number of benzene rings is 1. The van der Waals surface area contributed by atoms with E-state index in [1.165, 1.54) is 0 Å². The van der Waals surface area contributed by atoms with Gasteiger partial charge in [-0.1, -0.05) is 20.8 Å². The van der Waals surface area contributed by atoms with E-state index >= 15 is 0 Å². The Morgan fingerprint density at radius 2 is 1.58 bits per heavy atom. The van der Waals surface area contributed by atoms with Gasteiger partial charge in [0.05, 0.1) is 0 Å². The lowest BCUT2D eigenvalue weighted by atomic mass is 10.3. The second-order valence-electron chi connectivity index (χ2n) is 3.69. The molecular formula is C10H13OS. The molecule has 0 aliphatic carbocycles. The van der Waals surface area contributed by atoms with E-state index in [0.29, 0.717) is 0 Å². The van der Waals surface area contributed by atoms with Gasteiger partial charge in [-0.2, -0.15) is 0 Å². The van der Waals surface area contributed by atoms with Crippen molar-refractivity contribution in [2.75, 3.05) is 0 Å². The fraction of sp³-hybridized carbons (Fsp3) is 0.400. The highest BCUT2D eigenvalue weighted by Crippen LogP contribution is 2.32. The molecule has 65 valence electrons. The van der Waals surface area contributed by atoms with Crippen molar-refractivity contribution in [1.82, 2.24) is 0 Å². The zero-order valence-electron chi connectivity index (χ0n) is 7.63. The molecule has 0 atom stereocenters. The van der Waals surface area contributed by atoms with Crippen molar-refractivity contribution in [2.24, 2.45) is 0 Å². The quantitative estimate of drug-likeness (QED) is 0.604. The van der Waals surface area contributed by atoms with Gasteiger partial charge in [0.15, 0.2) is 5.75 Å². The summed E-state index contributed by atoms with van der Waals surface area (Å²) in [4.78, 5) is 1.15. The van der Waals surface area contributed by atoms with Crippen molar-refractivity contribution in [3.63, 3.8) is 0 Å². The zero-order valence-corrected chi connectivity index (χ0v) is 8.44. The van der Waals surface area contributed by atoms with Crippen LogP contribution in [-0.4, -0.2) is 4.75 Å². The molecule has 0 spiro atoms. The molecule has 0 aliphatic heterocycles. The number of hydrogen-bond acceptors (Lipinski definition) is 1. The molecule has 0 aromatic heterocycles. The minimum absolute atomic E-state index is 0.0771. The molecule has 2 heteroatoms. The molecule has 1 nitrogen and oxygen atoms in total. The van der Waals surface area contributed by atoms with Crippen molar-refractivity contribution in [1.29, 1.82) is 0 Å². The molecule has 0 saturated heterocycles. The molecule has 1 radical (unpaired) electrons. The van der Waals surface area contributed by atoms with Crippen LogP contribution in [0.1, 0.15) is 20.8 Å². The molecule has 0 fully saturated rings. The first-order valence-electron chi connectivity index (χ1n) is 3.93. The predicted molar refractivity (Wildman–Crippen MR) is 52.2 cm³/mol. The van der Waals surface area contributed by atoms with Gasteiger partial charge in [-0.05, 0) is 24.3 Å². The SMILES string of the molecule is CC(C)(C)Sc1ccc([O])cc1. The van der Waals surface area contributed by atoms with Gasteiger partial charge in [0.2, 0.25) is 0 Å². The smallest absolute Gasteiger partial charge is 0.178 e. The molecule has 0 amide bonds. The average molecular weight is 181 g/mol. The number of hydrogen-bond donors (Lipinski definition) is 0. The Bertz CT molecular complexity index is 246. The van der Waals surface area contributed by atoms with Crippen LogP contribution in [0.2, 0.25) is 0 Å². The largest absolute Gasteiger partial charge is 0.290 e. The first kappa shape index (κ1) is 9.46. The van der Waals surface area contributed by atoms with Crippen LogP contribution in [-0.2, 0) is 5.11 Å². The van der Waals surface area contributed by atoms with Crippen molar-refractivity contribution in [3.8, 4) is 5.75 Å². The summed E-state index contributed by atoms with van der Waals surface area (Å²) in [5.74, 6) is 0.0771. The zero-order chi connectivity index (χ0) is 9.19. The van der Waals surface area contributed by atoms with E-state index in [9.17, 15) is 5.11 Å². The van der Waals surface area contributed by atoms with E-state index in [2.05, 4.69) is 20.8 Å². The van der Waals surface area contributed by atoms with Gasteiger partial charge in [-0.15, -0.1) is 11.8 Å². The van der Waals surface area contributed by atoms with Crippen LogP contribution < -0.4 is 0 Å². The van der Waals surface area contributed by atoms with Crippen LogP contribution in [0, 0.1) is 0 Å². The fourth-order valence-corrected chi connectivity index (χ4v) is 1.84. The van der Waals surface area contributed by atoms with Gasteiger partial charge in [0.1, 0.15) is 0 Å². The molecule has 0 bridgehead atoms. The summed E-state index contributed by atoms with van der Waals surface area (Å²) in [7, 11) is 0. The van der Waals surface area contributed by atoms with Crippen LogP contribution >= 0.6 is 11.8 Å². The summed E-state index contributed by atoms with van der Waals surface area (Å²) in [5, 5.41) is 10.8. The normalized spacial score (nSPS) is 11.6. The summed E-state index contributed by atoms with van der Waals surface area (Å²) in [6.45, 7) is 6.47. The maximum Gasteiger partial charge on any atom is 0.178 e. The summed E-state index contributed by atoms with van der Waals surface area (Å²) in [5.41, 5.74) is 0. The summed E-state index contributed by atoms with van der Waals surface area (Å²) < 4.78 is 0.213. The highest BCUT2D eigenvalue weighted by atomic mass is 32.2. The van der Waals surface area contributed by atoms with Crippen LogP contribution in [0.15, 0.2) is 29.2 Å². The topological polar surface area (TPSA) is 19.9 Å². The van der Waals surface area contributed by atoms with Crippen molar-refractivity contribution in [3.05, 3.63) is 24.3 Å². The van der Waals surface area contributed by atoms with Gasteiger partial charge < -0.3 is 0 Å². The Labute approximate surface area is 77.8 Å². The molecule has 1 aromatic rings. The van der Waals surface area contributed by atoms with Gasteiger partial charge in [-0.25, -0.2) is 0 Å². The van der Waals surface area contributed by atoms with Crippen LogP contribution in [0.5, 0.6) is 5.75 Å². The van der Waals surface area contributed by atoms with Crippen LogP contribution in [0.3, 0.4) is 0 Å². The Morgan fingerprint density at radius 1 is 1.08 bits per heavy atom. The third kappa shape index (κ3) is 3.18. The van der Waals surface area contributed by atoms with Crippen molar-refractivity contribution >= 4 is 11.8 Å². The first-order chi connectivity index (χ1) is 5.47. The monoisotopic (exact) mass is 181 g/mol.